The zero-order chi connectivity index (χ0) is 16.6. The van der Waals surface area contributed by atoms with Gasteiger partial charge in [0.1, 0.15) is 5.54 Å². The van der Waals surface area contributed by atoms with Gasteiger partial charge in [-0.05, 0) is 38.3 Å². The molecule has 0 spiro atoms. The molecular weight excluding hydrogens is 292 g/mol. The molecule has 23 heavy (non-hydrogen) atoms. The van der Waals surface area contributed by atoms with Crippen molar-refractivity contribution in [2.75, 3.05) is 0 Å². The van der Waals surface area contributed by atoms with Gasteiger partial charge in [0.15, 0.2) is 0 Å². The van der Waals surface area contributed by atoms with E-state index in [1.54, 1.807) is 24.3 Å². The average molecular weight is 314 g/mol. The fourth-order valence-electron chi connectivity index (χ4n) is 3.55. The number of amides is 3. The second-order valence-corrected chi connectivity index (χ2v) is 6.51. The Kier molecular flexibility index (Phi) is 3.96. The number of rotatable bonds is 4. The highest BCUT2D eigenvalue weighted by Crippen LogP contribution is 2.40. The van der Waals surface area contributed by atoms with Crippen LogP contribution in [-0.2, 0) is 4.79 Å². The summed E-state index contributed by atoms with van der Waals surface area (Å²) in [6, 6.07) is 6.83. The molecular formula is C18H22N2O3. The van der Waals surface area contributed by atoms with Crippen molar-refractivity contribution in [3.8, 4) is 0 Å². The van der Waals surface area contributed by atoms with Gasteiger partial charge in [0.25, 0.3) is 11.8 Å². The van der Waals surface area contributed by atoms with E-state index in [0.717, 1.165) is 19.3 Å². The molecule has 3 amide bonds. The number of carbonyl (C=O) groups is 3. The van der Waals surface area contributed by atoms with E-state index in [1.165, 1.54) is 4.90 Å². The van der Waals surface area contributed by atoms with Crippen molar-refractivity contribution in [2.45, 2.75) is 57.5 Å². The van der Waals surface area contributed by atoms with Crippen LogP contribution in [-0.4, -0.2) is 34.2 Å². The van der Waals surface area contributed by atoms with Crippen LogP contribution in [0.4, 0.5) is 0 Å². The van der Waals surface area contributed by atoms with Crippen molar-refractivity contribution < 1.29 is 14.4 Å². The van der Waals surface area contributed by atoms with Gasteiger partial charge in [-0.1, -0.05) is 31.9 Å². The van der Waals surface area contributed by atoms with Gasteiger partial charge in [-0.2, -0.15) is 0 Å². The number of imide groups is 1. The maximum Gasteiger partial charge on any atom is 0.262 e. The van der Waals surface area contributed by atoms with E-state index in [2.05, 4.69) is 5.32 Å². The maximum atomic E-state index is 12.9. The lowest BCUT2D eigenvalue weighted by Crippen LogP contribution is -2.60. The van der Waals surface area contributed by atoms with Crippen LogP contribution >= 0.6 is 0 Å². The van der Waals surface area contributed by atoms with Gasteiger partial charge in [0, 0.05) is 6.04 Å². The third kappa shape index (κ3) is 2.35. The molecule has 122 valence electrons. The Morgan fingerprint density at radius 3 is 2.17 bits per heavy atom. The highest BCUT2D eigenvalue weighted by Gasteiger charge is 2.54. The molecule has 2 aliphatic rings. The molecule has 1 N–H and O–H groups in total. The van der Waals surface area contributed by atoms with E-state index in [-0.39, 0.29) is 23.8 Å². The van der Waals surface area contributed by atoms with Gasteiger partial charge >= 0.3 is 0 Å². The minimum Gasteiger partial charge on any atom is -0.352 e. The van der Waals surface area contributed by atoms with Crippen LogP contribution in [0.1, 0.15) is 66.7 Å². The van der Waals surface area contributed by atoms with E-state index >= 15 is 0 Å². The number of carbonyl (C=O) groups excluding carboxylic acids is 3. The van der Waals surface area contributed by atoms with Gasteiger partial charge in [0.05, 0.1) is 11.1 Å². The molecule has 1 heterocycles. The van der Waals surface area contributed by atoms with Gasteiger partial charge in [-0.3, -0.25) is 19.3 Å². The van der Waals surface area contributed by atoms with Crippen LogP contribution in [0.3, 0.4) is 0 Å². The Bertz CT molecular complexity index is 627. The molecule has 1 aromatic carbocycles. The molecule has 1 atom stereocenters. The SMILES string of the molecule is CC[C@H](C)NC(=O)C1(N2C(=O)c3ccccc3C2=O)CCCC1. The van der Waals surface area contributed by atoms with Gasteiger partial charge in [-0.25, -0.2) is 0 Å². The Morgan fingerprint density at radius 1 is 1.17 bits per heavy atom. The third-order valence-corrected chi connectivity index (χ3v) is 5.07. The molecule has 3 rings (SSSR count). The van der Waals surface area contributed by atoms with Crippen LogP contribution in [0, 0.1) is 0 Å². The van der Waals surface area contributed by atoms with Crippen molar-refractivity contribution in [3.63, 3.8) is 0 Å². The molecule has 5 nitrogen and oxygen atoms in total. The average Bonchev–Trinajstić information content (AvgIpc) is 3.13. The zero-order valence-electron chi connectivity index (χ0n) is 13.6. The van der Waals surface area contributed by atoms with E-state index < -0.39 is 5.54 Å². The monoisotopic (exact) mass is 314 g/mol. The first-order valence-electron chi connectivity index (χ1n) is 8.30. The molecule has 1 fully saturated rings. The van der Waals surface area contributed by atoms with Crippen LogP contribution < -0.4 is 5.32 Å². The Balaban J connectivity index is 1.98. The number of benzene rings is 1. The molecule has 0 aromatic heterocycles. The van der Waals surface area contributed by atoms with Crippen LogP contribution in [0.5, 0.6) is 0 Å². The van der Waals surface area contributed by atoms with E-state index in [1.807, 2.05) is 13.8 Å². The molecule has 0 saturated heterocycles. The highest BCUT2D eigenvalue weighted by molar-refractivity contribution is 6.23. The summed E-state index contributed by atoms with van der Waals surface area (Å²) in [5, 5.41) is 2.97. The molecule has 1 saturated carbocycles. The molecule has 0 bridgehead atoms. The minimum atomic E-state index is -1.03. The van der Waals surface area contributed by atoms with Crippen molar-refractivity contribution in [1.82, 2.24) is 10.2 Å². The van der Waals surface area contributed by atoms with Crippen LogP contribution in [0.2, 0.25) is 0 Å². The highest BCUT2D eigenvalue weighted by atomic mass is 16.2. The van der Waals surface area contributed by atoms with Crippen molar-refractivity contribution in [1.29, 1.82) is 0 Å². The number of nitrogens with one attached hydrogen (secondary N) is 1. The predicted octanol–water partition coefficient (Wildman–Crippen LogP) is 2.51. The quantitative estimate of drug-likeness (QED) is 0.868. The first kappa shape index (κ1) is 15.7. The van der Waals surface area contributed by atoms with Crippen LogP contribution in [0.15, 0.2) is 24.3 Å². The number of fused-ring (bicyclic) bond motifs is 1. The summed E-state index contributed by atoms with van der Waals surface area (Å²) in [4.78, 5) is 39.7. The van der Waals surface area contributed by atoms with Crippen molar-refractivity contribution in [2.24, 2.45) is 0 Å². The summed E-state index contributed by atoms with van der Waals surface area (Å²) in [5.74, 6) is -0.877. The summed E-state index contributed by atoms with van der Waals surface area (Å²) in [7, 11) is 0. The van der Waals surface area contributed by atoms with Crippen molar-refractivity contribution >= 4 is 17.7 Å². The summed E-state index contributed by atoms with van der Waals surface area (Å²) >= 11 is 0. The molecule has 0 unspecified atom stereocenters. The third-order valence-electron chi connectivity index (χ3n) is 5.07. The molecule has 1 aromatic rings. The normalized spacial score (nSPS) is 20.5. The largest absolute Gasteiger partial charge is 0.352 e. The minimum absolute atomic E-state index is 0.0233. The Morgan fingerprint density at radius 2 is 1.70 bits per heavy atom. The lowest BCUT2D eigenvalue weighted by Gasteiger charge is -2.36. The number of hydrogen-bond acceptors (Lipinski definition) is 3. The van der Waals surface area contributed by atoms with E-state index in [0.29, 0.717) is 24.0 Å². The standard InChI is InChI=1S/C18H22N2O3/c1-3-12(2)19-17(23)18(10-6-7-11-18)20-15(21)13-8-4-5-9-14(13)16(20)22/h4-5,8-9,12H,3,6-7,10-11H2,1-2H3,(H,19,23)/t12-/m0/s1. The second kappa shape index (κ2) is 5.80. The first-order valence-corrected chi connectivity index (χ1v) is 8.30. The topological polar surface area (TPSA) is 66.5 Å². The van der Waals surface area contributed by atoms with Gasteiger partial charge < -0.3 is 5.32 Å². The molecule has 0 radical (unpaired) electrons. The maximum absolute atomic E-state index is 12.9. The van der Waals surface area contributed by atoms with E-state index in [4.69, 9.17) is 0 Å². The lowest BCUT2D eigenvalue weighted by molar-refractivity contribution is -0.131. The first-order chi connectivity index (χ1) is 11.0. The lowest BCUT2D eigenvalue weighted by atomic mass is 9.93. The Labute approximate surface area is 136 Å². The molecule has 1 aliphatic heterocycles. The predicted molar refractivity (Wildman–Crippen MR) is 86.0 cm³/mol. The fraction of sp³-hybridized carbons (Fsp3) is 0.500. The van der Waals surface area contributed by atoms with Gasteiger partial charge in [0.2, 0.25) is 5.91 Å². The smallest absolute Gasteiger partial charge is 0.262 e. The summed E-state index contributed by atoms with van der Waals surface area (Å²) in [6.45, 7) is 3.93. The summed E-state index contributed by atoms with van der Waals surface area (Å²) in [5.41, 5.74) is -0.225. The Hall–Kier alpha value is -2.17. The van der Waals surface area contributed by atoms with Crippen molar-refractivity contribution in [3.05, 3.63) is 35.4 Å². The number of nitrogens with zero attached hydrogens (tertiary/aromatic N) is 1. The number of hydrogen-bond donors (Lipinski definition) is 1. The zero-order valence-corrected chi connectivity index (χ0v) is 13.6. The summed E-state index contributed by atoms with van der Waals surface area (Å²) in [6.07, 6.45) is 3.59. The second-order valence-electron chi connectivity index (χ2n) is 6.51. The molecule has 5 heteroatoms. The van der Waals surface area contributed by atoms with Gasteiger partial charge in [-0.15, -0.1) is 0 Å². The fourth-order valence-corrected chi connectivity index (χ4v) is 3.55. The van der Waals surface area contributed by atoms with Crippen LogP contribution in [0.25, 0.3) is 0 Å². The summed E-state index contributed by atoms with van der Waals surface area (Å²) < 4.78 is 0. The van der Waals surface area contributed by atoms with E-state index in [9.17, 15) is 14.4 Å². The molecule has 1 aliphatic carbocycles.